The van der Waals surface area contributed by atoms with Gasteiger partial charge in [-0.1, -0.05) is 72.4 Å². The van der Waals surface area contributed by atoms with Gasteiger partial charge < -0.3 is 15.0 Å². The number of carbonyl (C=O) groups excluding carboxylic acids is 1. The van der Waals surface area contributed by atoms with E-state index < -0.39 is 0 Å². The lowest BCUT2D eigenvalue weighted by molar-refractivity contribution is -0.113. The summed E-state index contributed by atoms with van der Waals surface area (Å²) in [6, 6.07) is 26.9. The molecule has 0 unspecified atom stereocenters. The number of aromatic amines is 1. The van der Waals surface area contributed by atoms with Crippen LogP contribution in [0.25, 0.3) is 22.2 Å². The second kappa shape index (κ2) is 10.5. The standard InChI is InChI=1S/C28H24N4O3S/c1-32-27(34)26-25(23(16-29-26)20-10-6-3-7-11-20)31-28(32)36-18-24(33)30-21-12-14-22(15-13-21)35-17-19-8-4-2-5-9-19/h2-16,29H,17-18H2,1H3,(H,30,33). The van der Waals surface area contributed by atoms with E-state index in [0.29, 0.717) is 28.5 Å². The van der Waals surface area contributed by atoms with Gasteiger partial charge >= 0.3 is 0 Å². The summed E-state index contributed by atoms with van der Waals surface area (Å²) in [5.74, 6) is 0.646. The van der Waals surface area contributed by atoms with Crippen LogP contribution >= 0.6 is 11.8 Å². The average Bonchev–Trinajstić information content (AvgIpc) is 3.34. The van der Waals surface area contributed by atoms with Crippen LogP contribution in [0.2, 0.25) is 0 Å². The van der Waals surface area contributed by atoms with Crippen molar-refractivity contribution in [3.8, 4) is 16.9 Å². The van der Waals surface area contributed by atoms with Gasteiger partial charge in [0.25, 0.3) is 5.56 Å². The molecule has 3 aromatic carbocycles. The molecular formula is C28H24N4O3S. The van der Waals surface area contributed by atoms with E-state index in [1.165, 1.54) is 16.3 Å². The van der Waals surface area contributed by atoms with Gasteiger partial charge in [0.2, 0.25) is 5.91 Å². The van der Waals surface area contributed by atoms with E-state index >= 15 is 0 Å². The van der Waals surface area contributed by atoms with Crippen LogP contribution in [0.1, 0.15) is 5.56 Å². The quantitative estimate of drug-likeness (QED) is 0.227. The molecule has 180 valence electrons. The second-order valence-electron chi connectivity index (χ2n) is 8.19. The van der Waals surface area contributed by atoms with Crippen molar-refractivity contribution >= 4 is 34.4 Å². The highest BCUT2D eigenvalue weighted by Gasteiger charge is 2.16. The van der Waals surface area contributed by atoms with Gasteiger partial charge in [-0.3, -0.25) is 14.2 Å². The zero-order valence-electron chi connectivity index (χ0n) is 19.6. The molecule has 1 amide bonds. The van der Waals surface area contributed by atoms with Crippen molar-refractivity contribution in [3.63, 3.8) is 0 Å². The van der Waals surface area contributed by atoms with Crippen molar-refractivity contribution in [2.75, 3.05) is 11.1 Å². The number of nitrogens with one attached hydrogen (secondary N) is 2. The molecule has 7 nitrogen and oxygen atoms in total. The molecular weight excluding hydrogens is 472 g/mol. The lowest BCUT2D eigenvalue weighted by Gasteiger charge is -2.10. The molecule has 2 N–H and O–H groups in total. The first-order valence-electron chi connectivity index (χ1n) is 11.4. The summed E-state index contributed by atoms with van der Waals surface area (Å²) in [6.07, 6.45) is 1.79. The molecule has 2 heterocycles. The highest BCUT2D eigenvalue weighted by Crippen LogP contribution is 2.27. The van der Waals surface area contributed by atoms with Crippen molar-refractivity contribution in [1.82, 2.24) is 14.5 Å². The third-order valence-corrected chi connectivity index (χ3v) is 6.70. The summed E-state index contributed by atoms with van der Waals surface area (Å²) >= 11 is 1.22. The van der Waals surface area contributed by atoms with Gasteiger partial charge in [-0.15, -0.1) is 0 Å². The zero-order chi connectivity index (χ0) is 24.9. The van der Waals surface area contributed by atoms with Crippen LogP contribution in [0.4, 0.5) is 5.69 Å². The van der Waals surface area contributed by atoms with Crippen LogP contribution in [0, 0.1) is 0 Å². The summed E-state index contributed by atoms with van der Waals surface area (Å²) in [7, 11) is 1.66. The Balaban J connectivity index is 1.23. The number of rotatable bonds is 8. The topological polar surface area (TPSA) is 89.0 Å². The van der Waals surface area contributed by atoms with Gasteiger partial charge in [-0.25, -0.2) is 4.98 Å². The lowest BCUT2D eigenvalue weighted by Crippen LogP contribution is -2.21. The Morgan fingerprint density at radius 1 is 1.00 bits per heavy atom. The first-order chi connectivity index (χ1) is 17.6. The molecule has 5 rings (SSSR count). The van der Waals surface area contributed by atoms with Gasteiger partial charge in [-0.2, -0.15) is 0 Å². The number of amides is 1. The first kappa shape index (κ1) is 23.4. The van der Waals surface area contributed by atoms with Crippen molar-refractivity contribution in [1.29, 1.82) is 0 Å². The van der Waals surface area contributed by atoms with E-state index in [2.05, 4.69) is 10.3 Å². The van der Waals surface area contributed by atoms with Crippen molar-refractivity contribution < 1.29 is 9.53 Å². The summed E-state index contributed by atoms with van der Waals surface area (Å²) in [6.45, 7) is 0.479. The minimum atomic E-state index is -0.190. The average molecular weight is 497 g/mol. The normalized spacial score (nSPS) is 10.9. The number of aromatic nitrogens is 3. The van der Waals surface area contributed by atoms with Crippen LogP contribution in [0.5, 0.6) is 5.75 Å². The number of H-pyrrole nitrogens is 1. The lowest BCUT2D eigenvalue weighted by atomic mass is 10.1. The number of hydrogen-bond acceptors (Lipinski definition) is 5. The number of thioether (sulfide) groups is 1. The third-order valence-electron chi connectivity index (χ3n) is 5.67. The highest BCUT2D eigenvalue weighted by molar-refractivity contribution is 7.99. The smallest absolute Gasteiger partial charge is 0.278 e. The molecule has 0 radical (unpaired) electrons. The molecule has 5 aromatic rings. The molecule has 0 aliphatic rings. The van der Waals surface area contributed by atoms with E-state index in [9.17, 15) is 9.59 Å². The summed E-state index contributed by atoms with van der Waals surface area (Å²) in [4.78, 5) is 33.2. The molecule has 0 aliphatic carbocycles. The second-order valence-corrected chi connectivity index (χ2v) is 9.13. The zero-order valence-corrected chi connectivity index (χ0v) is 20.4. The Hall–Kier alpha value is -4.30. The number of benzene rings is 3. The van der Waals surface area contributed by atoms with Crippen molar-refractivity contribution in [2.45, 2.75) is 11.8 Å². The molecule has 8 heteroatoms. The van der Waals surface area contributed by atoms with E-state index in [0.717, 1.165) is 22.4 Å². The van der Waals surface area contributed by atoms with Crippen LogP contribution in [-0.2, 0) is 18.4 Å². The number of carbonyl (C=O) groups is 1. The van der Waals surface area contributed by atoms with Gasteiger partial charge in [0, 0.05) is 24.5 Å². The molecule has 36 heavy (non-hydrogen) atoms. The van der Waals surface area contributed by atoms with Crippen LogP contribution in [0.3, 0.4) is 0 Å². The predicted molar refractivity (Wildman–Crippen MR) is 143 cm³/mol. The van der Waals surface area contributed by atoms with E-state index in [1.54, 1.807) is 25.4 Å². The Morgan fingerprint density at radius 2 is 1.69 bits per heavy atom. The van der Waals surface area contributed by atoms with Crippen molar-refractivity contribution in [3.05, 3.63) is 107 Å². The molecule has 2 aromatic heterocycles. The van der Waals surface area contributed by atoms with Gasteiger partial charge in [0.15, 0.2) is 5.16 Å². The van der Waals surface area contributed by atoms with Crippen LogP contribution in [-0.4, -0.2) is 26.2 Å². The van der Waals surface area contributed by atoms with E-state index in [1.807, 2.05) is 72.8 Å². The molecule has 0 saturated carbocycles. The predicted octanol–water partition coefficient (Wildman–Crippen LogP) is 5.24. The fourth-order valence-corrected chi connectivity index (χ4v) is 4.55. The van der Waals surface area contributed by atoms with Gasteiger partial charge in [-0.05, 0) is 35.4 Å². The summed E-state index contributed by atoms with van der Waals surface area (Å²) in [5, 5.41) is 3.36. The largest absolute Gasteiger partial charge is 0.489 e. The number of anilines is 1. The van der Waals surface area contributed by atoms with E-state index in [4.69, 9.17) is 9.72 Å². The SMILES string of the molecule is Cn1c(SCC(=O)Nc2ccc(OCc3ccccc3)cc2)nc2c(-c3ccccc3)c[nH]c2c1=O. The van der Waals surface area contributed by atoms with Crippen molar-refractivity contribution in [2.24, 2.45) is 7.05 Å². The fraction of sp³-hybridized carbons (Fsp3) is 0.107. The molecule has 0 spiro atoms. The molecule has 0 saturated heterocycles. The maximum atomic E-state index is 12.9. The Morgan fingerprint density at radius 3 is 2.42 bits per heavy atom. The molecule has 0 fully saturated rings. The summed E-state index contributed by atoms with van der Waals surface area (Å²) < 4.78 is 7.25. The number of fused-ring (bicyclic) bond motifs is 1. The number of ether oxygens (including phenoxy) is 1. The van der Waals surface area contributed by atoms with Crippen LogP contribution < -0.4 is 15.6 Å². The van der Waals surface area contributed by atoms with Crippen LogP contribution in [0.15, 0.2) is 101 Å². The molecule has 0 aliphatic heterocycles. The number of hydrogen-bond donors (Lipinski definition) is 2. The van der Waals surface area contributed by atoms with E-state index in [-0.39, 0.29) is 17.2 Å². The summed E-state index contributed by atoms with van der Waals surface area (Å²) in [5.41, 5.74) is 4.43. The molecule has 0 bridgehead atoms. The Kier molecular flexibility index (Phi) is 6.86. The minimum absolute atomic E-state index is 0.114. The fourth-order valence-electron chi connectivity index (χ4n) is 3.79. The monoisotopic (exact) mass is 496 g/mol. The maximum absolute atomic E-state index is 12.9. The minimum Gasteiger partial charge on any atom is -0.489 e. The maximum Gasteiger partial charge on any atom is 0.278 e. The number of nitrogens with zero attached hydrogens (tertiary/aromatic N) is 2. The third kappa shape index (κ3) is 5.18. The van der Waals surface area contributed by atoms with Gasteiger partial charge in [0.1, 0.15) is 23.4 Å². The Labute approximate surface area is 212 Å². The molecule has 0 atom stereocenters. The highest BCUT2D eigenvalue weighted by atomic mass is 32.2. The first-order valence-corrected chi connectivity index (χ1v) is 12.4. The van der Waals surface area contributed by atoms with Gasteiger partial charge in [0.05, 0.1) is 5.75 Å². The Bertz CT molecular complexity index is 1550.